The Morgan fingerprint density at radius 1 is 1.58 bits per heavy atom. The van der Waals surface area contributed by atoms with E-state index in [1.54, 1.807) is 13.0 Å². The fourth-order valence-electron chi connectivity index (χ4n) is 0.828. The highest BCUT2D eigenvalue weighted by atomic mass is 35.5. The number of azide groups is 1. The third-order valence-electron chi connectivity index (χ3n) is 1.40. The highest BCUT2D eigenvalue weighted by Gasteiger charge is 2.02. The van der Waals surface area contributed by atoms with Gasteiger partial charge in [0.1, 0.15) is 5.75 Å². The minimum absolute atomic E-state index is 0.0218. The summed E-state index contributed by atoms with van der Waals surface area (Å²) >= 11 is 5.62. The quantitative estimate of drug-likeness (QED) is 0.405. The van der Waals surface area contributed by atoms with Crippen molar-refractivity contribution >= 4 is 17.3 Å². The summed E-state index contributed by atoms with van der Waals surface area (Å²) in [5, 5.41) is 12.8. The first-order chi connectivity index (χ1) is 5.65. The van der Waals surface area contributed by atoms with Gasteiger partial charge in [-0.2, -0.15) is 0 Å². The van der Waals surface area contributed by atoms with Crippen molar-refractivity contribution in [2.24, 2.45) is 5.11 Å². The molecule has 62 valence electrons. The van der Waals surface area contributed by atoms with Gasteiger partial charge in [-0.05, 0) is 30.2 Å². The molecule has 0 aliphatic rings. The molecule has 0 heterocycles. The number of aryl methyl sites for hydroxylation is 1. The first-order valence-electron chi connectivity index (χ1n) is 3.19. The Balaban J connectivity index is 3.30. The van der Waals surface area contributed by atoms with Gasteiger partial charge < -0.3 is 5.11 Å². The van der Waals surface area contributed by atoms with Crippen molar-refractivity contribution in [3.8, 4) is 5.75 Å². The van der Waals surface area contributed by atoms with E-state index in [4.69, 9.17) is 17.1 Å². The van der Waals surface area contributed by atoms with E-state index in [2.05, 4.69) is 10.0 Å². The minimum Gasteiger partial charge on any atom is -0.506 e. The van der Waals surface area contributed by atoms with Crippen LogP contribution in [0.4, 0.5) is 5.69 Å². The molecule has 1 rings (SSSR count). The Bertz CT molecular complexity index is 335. The summed E-state index contributed by atoms with van der Waals surface area (Å²) in [5.74, 6) is 0.0218. The fourth-order valence-corrected chi connectivity index (χ4v) is 1.09. The molecule has 0 saturated heterocycles. The highest BCUT2D eigenvalue weighted by molar-refractivity contribution is 6.32. The molecule has 12 heavy (non-hydrogen) atoms. The minimum atomic E-state index is 0.0218. The summed E-state index contributed by atoms with van der Waals surface area (Å²) in [6.45, 7) is 1.68. The summed E-state index contributed by atoms with van der Waals surface area (Å²) < 4.78 is 0. The van der Waals surface area contributed by atoms with Crippen LogP contribution in [0.5, 0.6) is 5.75 Å². The first-order valence-corrected chi connectivity index (χ1v) is 3.57. The number of phenols is 1. The molecule has 0 atom stereocenters. The molecule has 4 nitrogen and oxygen atoms in total. The second kappa shape index (κ2) is 3.34. The lowest BCUT2D eigenvalue weighted by atomic mass is 10.2. The Kier molecular flexibility index (Phi) is 2.43. The van der Waals surface area contributed by atoms with Gasteiger partial charge in [0.05, 0.1) is 5.02 Å². The van der Waals surface area contributed by atoms with E-state index >= 15 is 0 Å². The van der Waals surface area contributed by atoms with Gasteiger partial charge in [-0.1, -0.05) is 16.7 Å². The number of phenolic OH excluding ortho intramolecular Hbond substituents is 1. The van der Waals surface area contributed by atoms with Crippen LogP contribution in [0.1, 0.15) is 5.56 Å². The van der Waals surface area contributed by atoms with Gasteiger partial charge >= 0.3 is 0 Å². The summed E-state index contributed by atoms with van der Waals surface area (Å²) in [6.07, 6.45) is 0. The lowest BCUT2D eigenvalue weighted by Crippen LogP contribution is -1.75. The molecular formula is C7H6ClN3O. The number of halogens is 1. The maximum absolute atomic E-state index is 9.23. The summed E-state index contributed by atoms with van der Waals surface area (Å²) in [7, 11) is 0. The zero-order valence-electron chi connectivity index (χ0n) is 6.32. The van der Waals surface area contributed by atoms with Crippen LogP contribution in [0, 0.1) is 6.92 Å². The zero-order chi connectivity index (χ0) is 9.14. The molecule has 0 bridgehead atoms. The first kappa shape index (κ1) is 8.71. The van der Waals surface area contributed by atoms with Crippen LogP contribution in [0.25, 0.3) is 10.4 Å². The van der Waals surface area contributed by atoms with Gasteiger partial charge in [-0.25, -0.2) is 0 Å². The number of hydrogen-bond donors (Lipinski definition) is 1. The number of rotatable bonds is 1. The molecule has 0 amide bonds. The van der Waals surface area contributed by atoms with Crippen molar-refractivity contribution in [2.75, 3.05) is 0 Å². The van der Waals surface area contributed by atoms with Crippen molar-refractivity contribution in [1.29, 1.82) is 0 Å². The third-order valence-corrected chi connectivity index (χ3v) is 1.69. The van der Waals surface area contributed by atoms with E-state index < -0.39 is 0 Å². The molecule has 0 radical (unpaired) electrons. The number of nitrogens with zero attached hydrogens (tertiary/aromatic N) is 3. The van der Waals surface area contributed by atoms with Crippen molar-refractivity contribution in [3.63, 3.8) is 0 Å². The van der Waals surface area contributed by atoms with Crippen LogP contribution < -0.4 is 0 Å². The second-order valence-electron chi connectivity index (χ2n) is 2.28. The number of benzene rings is 1. The zero-order valence-corrected chi connectivity index (χ0v) is 7.08. The van der Waals surface area contributed by atoms with E-state index in [0.29, 0.717) is 11.3 Å². The molecule has 0 fully saturated rings. The van der Waals surface area contributed by atoms with Crippen LogP contribution in [0.15, 0.2) is 17.2 Å². The number of hydrogen-bond acceptors (Lipinski definition) is 2. The van der Waals surface area contributed by atoms with E-state index in [1.165, 1.54) is 6.07 Å². The van der Waals surface area contributed by atoms with Gasteiger partial charge in [0.25, 0.3) is 0 Å². The van der Waals surface area contributed by atoms with E-state index in [9.17, 15) is 5.11 Å². The standard InChI is InChI=1S/C7H6ClN3O/c1-4-2-5(10-11-9)3-6(8)7(4)12/h2-3,12H,1H3. The van der Waals surface area contributed by atoms with Gasteiger partial charge in [0.15, 0.2) is 0 Å². The predicted molar refractivity (Wildman–Crippen MR) is 46.7 cm³/mol. The topological polar surface area (TPSA) is 69.0 Å². The maximum Gasteiger partial charge on any atom is 0.137 e. The Morgan fingerprint density at radius 2 is 2.25 bits per heavy atom. The monoisotopic (exact) mass is 183 g/mol. The normalized spacial score (nSPS) is 9.17. The Hall–Kier alpha value is -1.38. The smallest absolute Gasteiger partial charge is 0.137 e. The largest absolute Gasteiger partial charge is 0.506 e. The SMILES string of the molecule is Cc1cc(N=[N+]=[N-])cc(Cl)c1O. The van der Waals surface area contributed by atoms with Crippen molar-refractivity contribution in [1.82, 2.24) is 0 Å². The molecule has 0 saturated carbocycles. The molecule has 5 heteroatoms. The van der Waals surface area contributed by atoms with Crippen molar-refractivity contribution < 1.29 is 5.11 Å². The summed E-state index contributed by atoms with van der Waals surface area (Å²) in [4.78, 5) is 2.60. The van der Waals surface area contributed by atoms with Crippen LogP contribution in [0.2, 0.25) is 5.02 Å². The average Bonchev–Trinajstić information content (AvgIpc) is 2.01. The fraction of sp³-hybridized carbons (Fsp3) is 0.143. The van der Waals surface area contributed by atoms with Crippen LogP contribution >= 0.6 is 11.6 Å². The molecule has 1 aromatic carbocycles. The molecule has 0 aliphatic heterocycles. The lowest BCUT2D eigenvalue weighted by Gasteiger charge is -2.01. The second-order valence-corrected chi connectivity index (χ2v) is 2.69. The van der Waals surface area contributed by atoms with E-state index in [0.717, 1.165) is 0 Å². The summed E-state index contributed by atoms with van der Waals surface area (Å²) in [5.41, 5.74) is 9.11. The van der Waals surface area contributed by atoms with Gasteiger partial charge in [0, 0.05) is 10.6 Å². The number of aromatic hydroxyl groups is 1. The highest BCUT2D eigenvalue weighted by Crippen LogP contribution is 2.31. The van der Waals surface area contributed by atoms with Gasteiger partial charge in [-0.3, -0.25) is 0 Å². The van der Waals surface area contributed by atoms with E-state index in [1.807, 2.05) is 0 Å². The molecule has 1 aromatic rings. The lowest BCUT2D eigenvalue weighted by molar-refractivity contribution is 0.471. The predicted octanol–water partition coefficient (Wildman–Crippen LogP) is 3.30. The molecule has 0 aliphatic carbocycles. The molecule has 1 N–H and O–H groups in total. The van der Waals surface area contributed by atoms with Crippen LogP contribution in [-0.2, 0) is 0 Å². The van der Waals surface area contributed by atoms with Gasteiger partial charge in [-0.15, -0.1) is 0 Å². The van der Waals surface area contributed by atoms with Crippen LogP contribution in [-0.4, -0.2) is 5.11 Å². The Morgan fingerprint density at radius 3 is 2.75 bits per heavy atom. The molecule has 0 unspecified atom stereocenters. The van der Waals surface area contributed by atoms with Crippen molar-refractivity contribution in [2.45, 2.75) is 6.92 Å². The molecule has 0 spiro atoms. The van der Waals surface area contributed by atoms with Crippen LogP contribution in [0.3, 0.4) is 0 Å². The third kappa shape index (κ3) is 1.61. The summed E-state index contributed by atoms with van der Waals surface area (Å²) in [6, 6.07) is 2.96. The van der Waals surface area contributed by atoms with Crippen molar-refractivity contribution in [3.05, 3.63) is 33.2 Å². The Labute approximate surface area is 74.0 Å². The average molecular weight is 184 g/mol. The van der Waals surface area contributed by atoms with E-state index in [-0.39, 0.29) is 10.8 Å². The molecular weight excluding hydrogens is 178 g/mol. The van der Waals surface area contributed by atoms with Gasteiger partial charge in [0.2, 0.25) is 0 Å². The maximum atomic E-state index is 9.23. The molecule has 0 aromatic heterocycles.